The number of hydrogen-bond donors (Lipinski definition) is 0. The van der Waals surface area contributed by atoms with Gasteiger partial charge in [0.05, 0.1) is 17.2 Å². The maximum Gasteiger partial charge on any atom is 0.419 e. The van der Waals surface area contributed by atoms with Crippen molar-refractivity contribution in [3.63, 3.8) is 0 Å². The number of carbonyl (C=O) groups excluding carboxylic acids is 1. The topological polar surface area (TPSA) is 26.3 Å². The summed E-state index contributed by atoms with van der Waals surface area (Å²) in [5, 5.41) is 0. The summed E-state index contributed by atoms with van der Waals surface area (Å²) in [5.74, 6) is -2.31. The largest absolute Gasteiger partial charge is 0.459 e. The molecule has 0 heterocycles. The zero-order valence-corrected chi connectivity index (χ0v) is 9.84. The molecule has 18 heavy (non-hydrogen) atoms. The molecule has 0 saturated carbocycles. The molecule has 0 radical (unpaired) electrons. The van der Waals surface area contributed by atoms with Gasteiger partial charge in [0.15, 0.2) is 0 Å². The van der Waals surface area contributed by atoms with Gasteiger partial charge in [0, 0.05) is 0 Å². The van der Waals surface area contributed by atoms with Crippen LogP contribution in [0.2, 0.25) is 0 Å². The Bertz CT molecular complexity index is 440. The minimum atomic E-state index is -4.84. The molecule has 0 aliphatic rings. The molecule has 0 aromatic heterocycles. The van der Waals surface area contributed by atoms with E-state index in [1.54, 1.807) is 13.8 Å². The van der Waals surface area contributed by atoms with Crippen molar-refractivity contribution >= 4 is 5.97 Å². The van der Waals surface area contributed by atoms with Crippen molar-refractivity contribution in [1.29, 1.82) is 0 Å². The summed E-state index contributed by atoms with van der Waals surface area (Å²) < 4.78 is 55.1. The summed E-state index contributed by atoms with van der Waals surface area (Å²) in [6.07, 6.45) is -4.70. The van der Waals surface area contributed by atoms with Crippen molar-refractivity contribution in [2.24, 2.45) is 0 Å². The number of benzene rings is 1. The van der Waals surface area contributed by atoms with Crippen LogP contribution < -0.4 is 0 Å². The summed E-state index contributed by atoms with van der Waals surface area (Å²) in [6.45, 7) is 3.38. The third-order valence-electron chi connectivity index (χ3n) is 2.39. The van der Waals surface area contributed by atoms with Gasteiger partial charge in [-0.05, 0) is 31.5 Å². The van der Waals surface area contributed by atoms with Crippen LogP contribution in [0, 0.1) is 5.82 Å². The molecule has 0 N–H and O–H groups in total. The molecule has 0 amide bonds. The molecule has 1 rings (SSSR count). The Hall–Kier alpha value is -1.59. The lowest BCUT2D eigenvalue weighted by molar-refractivity contribution is -0.140. The van der Waals surface area contributed by atoms with E-state index >= 15 is 0 Å². The van der Waals surface area contributed by atoms with E-state index in [0.717, 1.165) is 6.07 Å². The molecule has 100 valence electrons. The molecule has 0 bridgehead atoms. The van der Waals surface area contributed by atoms with Crippen LogP contribution in [0.4, 0.5) is 17.6 Å². The lowest BCUT2D eigenvalue weighted by atomic mass is 10.1. The quantitative estimate of drug-likeness (QED) is 0.613. The number of carbonyl (C=O) groups is 1. The molecule has 0 aliphatic heterocycles. The van der Waals surface area contributed by atoms with Gasteiger partial charge in [-0.15, -0.1) is 0 Å². The minimum Gasteiger partial charge on any atom is -0.459 e. The lowest BCUT2D eigenvalue weighted by Gasteiger charge is -2.12. The van der Waals surface area contributed by atoms with Gasteiger partial charge < -0.3 is 4.74 Å². The van der Waals surface area contributed by atoms with E-state index in [1.807, 2.05) is 0 Å². The number of esters is 1. The number of rotatable bonds is 3. The fourth-order valence-electron chi connectivity index (χ4n) is 1.20. The molecule has 6 heteroatoms. The van der Waals surface area contributed by atoms with Crippen LogP contribution >= 0.6 is 0 Å². The Morgan fingerprint density at radius 1 is 1.39 bits per heavy atom. The average molecular weight is 264 g/mol. The van der Waals surface area contributed by atoms with E-state index in [-0.39, 0.29) is 5.56 Å². The molecule has 1 aromatic rings. The zero-order valence-electron chi connectivity index (χ0n) is 9.84. The second-order valence-electron chi connectivity index (χ2n) is 3.82. The maximum atomic E-state index is 13.0. The van der Waals surface area contributed by atoms with Gasteiger partial charge in [0.2, 0.25) is 0 Å². The van der Waals surface area contributed by atoms with E-state index in [2.05, 4.69) is 0 Å². The second kappa shape index (κ2) is 5.37. The second-order valence-corrected chi connectivity index (χ2v) is 3.82. The van der Waals surface area contributed by atoms with Crippen LogP contribution in [-0.2, 0) is 10.9 Å². The van der Waals surface area contributed by atoms with Crippen molar-refractivity contribution in [3.8, 4) is 0 Å². The highest BCUT2D eigenvalue weighted by molar-refractivity contribution is 5.89. The first-order chi connectivity index (χ1) is 8.25. The Kier molecular flexibility index (Phi) is 4.32. The van der Waals surface area contributed by atoms with Crippen LogP contribution in [0.1, 0.15) is 36.2 Å². The summed E-state index contributed by atoms with van der Waals surface area (Å²) >= 11 is 0. The monoisotopic (exact) mass is 264 g/mol. The molecule has 0 aliphatic carbocycles. The van der Waals surface area contributed by atoms with E-state index in [4.69, 9.17) is 4.74 Å². The molecule has 1 unspecified atom stereocenters. The molecule has 0 spiro atoms. The van der Waals surface area contributed by atoms with Gasteiger partial charge in [-0.1, -0.05) is 6.92 Å². The zero-order chi connectivity index (χ0) is 13.9. The van der Waals surface area contributed by atoms with Crippen LogP contribution in [0.15, 0.2) is 18.2 Å². The molecule has 0 fully saturated rings. The van der Waals surface area contributed by atoms with Gasteiger partial charge in [-0.3, -0.25) is 0 Å². The van der Waals surface area contributed by atoms with Crippen LogP contribution in [0.3, 0.4) is 0 Å². The van der Waals surface area contributed by atoms with Gasteiger partial charge >= 0.3 is 12.1 Å². The third-order valence-corrected chi connectivity index (χ3v) is 2.39. The summed E-state index contributed by atoms with van der Waals surface area (Å²) in [4.78, 5) is 11.5. The summed E-state index contributed by atoms with van der Waals surface area (Å²) in [7, 11) is 0. The van der Waals surface area contributed by atoms with Gasteiger partial charge in [0.1, 0.15) is 5.82 Å². The van der Waals surface area contributed by atoms with E-state index < -0.39 is 29.6 Å². The normalized spacial score (nSPS) is 13.2. The van der Waals surface area contributed by atoms with Crippen LogP contribution in [-0.4, -0.2) is 12.1 Å². The fraction of sp³-hybridized carbons (Fsp3) is 0.417. The minimum absolute atomic E-state index is 0.316. The Morgan fingerprint density at radius 3 is 2.50 bits per heavy atom. The summed E-state index contributed by atoms with van der Waals surface area (Å²) in [6, 6.07) is 2.03. The van der Waals surface area contributed by atoms with Gasteiger partial charge in [-0.2, -0.15) is 13.2 Å². The first-order valence-corrected chi connectivity index (χ1v) is 5.33. The predicted octanol–water partition coefficient (Wildman–Crippen LogP) is 3.80. The Morgan fingerprint density at radius 2 is 2.00 bits per heavy atom. The predicted molar refractivity (Wildman–Crippen MR) is 56.6 cm³/mol. The lowest BCUT2D eigenvalue weighted by Crippen LogP contribution is -2.16. The van der Waals surface area contributed by atoms with Crippen molar-refractivity contribution in [2.45, 2.75) is 32.5 Å². The van der Waals surface area contributed by atoms with Gasteiger partial charge in [0.25, 0.3) is 0 Å². The Labute approximate surface area is 102 Å². The smallest absolute Gasteiger partial charge is 0.419 e. The summed E-state index contributed by atoms with van der Waals surface area (Å²) in [5.41, 5.74) is -1.79. The van der Waals surface area contributed by atoms with Crippen molar-refractivity contribution in [3.05, 3.63) is 35.1 Å². The van der Waals surface area contributed by atoms with Crippen LogP contribution in [0.5, 0.6) is 0 Å². The fourth-order valence-corrected chi connectivity index (χ4v) is 1.20. The highest BCUT2D eigenvalue weighted by Gasteiger charge is 2.34. The molecule has 2 nitrogen and oxygen atoms in total. The van der Waals surface area contributed by atoms with E-state index in [0.29, 0.717) is 18.6 Å². The first kappa shape index (κ1) is 14.5. The molecule has 1 atom stereocenters. The van der Waals surface area contributed by atoms with E-state index in [1.165, 1.54) is 0 Å². The molecule has 0 saturated heterocycles. The van der Waals surface area contributed by atoms with Gasteiger partial charge in [-0.25, -0.2) is 9.18 Å². The molecule has 1 aromatic carbocycles. The van der Waals surface area contributed by atoms with E-state index in [9.17, 15) is 22.4 Å². The van der Waals surface area contributed by atoms with Crippen molar-refractivity contribution in [2.75, 3.05) is 0 Å². The number of alkyl halides is 3. The van der Waals surface area contributed by atoms with Crippen LogP contribution in [0.25, 0.3) is 0 Å². The van der Waals surface area contributed by atoms with Crippen molar-refractivity contribution in [1.82, 2.24) is 0 Å². The standard InChI is InChI=1S/C12H12F4O2/c1-3-7(2)18-11(17)8-4-5-10(13)9(6-8)12(14,15)16/h4-7H,3H2,1-2H3. The maximum absolute atomic E-state index is 13.0. The van der Waals surface area contributed by atoms with Crippen molar-refractivity contribution < 1.29 is 27.1 Å². The Balaban J connectivity index is 3.02. The highest BCUT2D eigenvalue weighted by Crippen LogP contribution is 2.32. The average Bonchev–Trinajstić information content (AvgIpc) is 2.27. The number of hydrogen-bond acceptors (Lipinski definition) is 2. The number of ether oxygens (including phenoxy) is 1. The molecular formula is C12H12F4O2. The highest BCUT2D eigenvalue weighted by atomic mass is 19.4. The first-order valence-electron chi connectivity index (χ1n) is 5.33. The number of halogens is 4. The SMILES string of the molecule is CCC(C)OC(=O)c1ccc(F)c(C(F)(F)F)c1. The third kappa shape index (κ3) is 3.45. The molecular weight excluding hydrogens is 252 g/mol.